The predicted molar refractivity (Wildman–Crippen MR) is 62.8 cm³/mol. The van der Waals surface area contributed by atoms with E-state index in [1.807, 2.05) is 13.8 Å². The zero-order chi connectivity index (χ0) is 12.1. The monoisotopic (exact) mass is 210 g/mol. The highest BCUT2D eigenvalue weighted by atomic mass is 16.1. The Labute approximate surface area is 92.8 Å². The number of hydrogen-bond acceptors (Lipinski definition) is 2. The molecule has 0 bridgehead atoms. The van der Waals surface area contributed by atoms with Gasteiger partial charge in [-0.25, -0.2) is 0 Å². The first-order chi connectivity index (χ1) is 6.76. The Morgan fingerprint density at radius 1 is 1.40 bits per heavy atom. The summed E-state index contributed by atoms with van der Waals surface area (Å²) in [6.07, 6.45) is 4.22. The molecule has 1 rings (SSSR count). The minimum absolute atomic E-state index is 0.204. The van der Waals surface area contributed by atoms with Crippen LogP contribution in [0, 0.1) is 5.41 Å². The van der Waals surface area contributed by atoms with Crippen LogP contribution in [0.1, 0.15) is 53.9 Å². The first-order valence-corrected chi connectivity index (χ1v) is 5.46. The SMILES string of the molecule is CC1=CC(=O)CC(C)(C)C1.CCC(C)=O. The standard InChI is InChI=1S/C9H14O.C4H8O/c1-7-4-8(10)6-9(2,3)5-7;1-3-4(2)5/h4H,5-6H2,1-3H3;3H2,1-2H3. The molecule has 0 aliphatic heterocycles. The van der Waals surface area contributed by atoms with Crippen LogP contribution in [0.25, 0.3) is 0 Å². The van der Waals surface area contributed by atoms with E-state index < -0.39 is 0 Å². The van der Waals surface area contributed by atoms with Gasteiger partial charge in [0.15, 0.2) is 5.78 Å². The van der Waals surface area contributed by atoms with Crippen LogP contribution in [0.3, 0.4) is 0 Å². The van der Waals surface area contributed by atoms with Crippen molar-refractivity contribution in [2.24, 2.45) is 5.41 Å². The molecule has 0 heterocycles. The smallest absolute Gasteiger partial charge is 0.156 e. The second-order valence-corrected chi connectivity index (χ2v) is 5.03. The lowest BCUT2D eigenvalue weighted by Crippen LogP contribution is -2.20. The molecule has 0 N–H and O–H groups in total. The molecule has 0 spiro atoms. The quantitative estimate of drug-likeness (QED) is 0.665. The van der Waals surface area contributed by atoms with Gasteiger partial charge < -0.3 is 4.79 Å². The van der Waals surface area contributed by atoms with Crippen molar-refractivity contribution in [3.8, 4) is 0 Å². The van der Waals surface area contributed by atoms with Crippen LogP contribution in [-0.2, 0) is 9.59 Å². The second-order valence-electron chi connectivity index (χ2n) is 5.03. The molecule has 0 aromatic rings. The van der Waals surface area contributed by atoms with Crippen LogP contribution in [0.4, 0.5) is 0 Å². The van der Waals surface area contributed by atoms with E-state index in [0.717, 1.165) is 6.42 Å². The van der Waals surface area contributed by atoms with Crippen molar-refractivity contribution >= 4 is 11.6 Å². The first kappa shape index (κ1) is 14.1. The van der Waals surface area contributed by atoms with Crippen molar-refractivity contribution in [2.75, 3.05) is 0 Å². The van der Waals surface area contributed by atoms with Crippen LogP contribution >= 0.6 is 0 Å². The van der Waals surface area contributed by atoms with Gasteiger partial charge in [0.05, 0.1) is 0 Å². The third-order valence-corrected chi connectivity index (χ3v) is 2.32. The number of Topliss-reactive ketones (excluding diaryl/α,β-unsaturated/α-hetero) is 1. The van der Waals surface area contributed by atoms with E-state index >= 15 is 0 Å². The maximum atomic E-state index is 11.0. The summed E-state index contributed by atoms with van der Waals surface area (Å²) in [6.45, 7) is 9.74. The lowest BCUT2D eigenvalue weighted by atomic mass is 9.77. The van der Waals surface area contributed by atoms with Gasteiger partial charge in [0, 0.05) is 12.8 Å². The van der Waals surface area contributed by atoms with Gasteiger partial charge in [-0.3, -0.25) is 4.79 Å². The molecule has 0 aromatic heterocycles. The third kappa shape index (κ3) is 7.06. The zero-order valence-corrected chi connectivity index (χ0v) is 10.5. The van der Waals surface area contributed by atoms with Crippen molar-refractivity contribution in [1.82, 2.24) is 0 Å². The molecular formula is C13H22O2. The van der Waals surface area contributed by atoms with Gasteiger partial charge >= 0.3 is 0 Å². The highest BCUT2D eigenvalue weighted by Gasteiger charge is 2.25. The van der Waals surface area contributed by atoms with Crippen molar-refractivity contribution in [1.29, 1.82) is 0 Å². The molecule has 0 unspecified atom stereocenters. The molecule has 1 aliphatic carbocycles. The summed E-state index contributed by atoms with van der Waals surface area (Å²) in [5.74, 6) is 0.541. The Morgan fingerprint density at radius 2 is 1.87 bits per heavy atom. The Kier molecular flexibility index (Phi) is 5.48. The van der Waals surface area contributed by atoms with Gasteiger partial charge in [-0.1, -0.05) is 26.3 Å². The minimum atomic E-state index is 0.204. The Balaban J connectivity index is 0.000000336. The minimum Gasteiger partial charge on any atom is -0.300 e. The molecule has 0 saturated heterocycles. The fourth-order valence-electron chi connectivity index (χ4n) is 1.67. The van der Waals surface area contributed by atoms with Gasteiger partial charge in [0.2, 0.25) is 0 Å². The van der Waals surface area contributed by atoms with Gasteiger partial charge in [0.1, 0.15) is 5.78 Å². The van der Waals surface area contributed by atoms with Gasteiger partial charge in [-0.05, 0) is 31.8 Å². The zero-order valence-electron chi connectivity index (χ0n) is 10.5. The molecule has 0 amide bonds. The number of hydrogen-bond donors (Lipinski definition) is 0. The summed E-state index contributed by atoms with van der Waals surface area (Å²) >= 11 is 0. The molecule has 86 valence electrons. The van der Waals surface area contributed by atoms with Crippen LogP contribution in [0.15, 0.2) is 11.6 Å². The van der Waals surface area contributed by atoms with Crippen LogP contribution in [0.5, 0.6) is 0 Å². The van der Waals surface area contributed by atoms with Crippen molar-refractivity contribution in [3.05, 3.63) is 11.6 Å². The molecule has 0 saturated carbocycles. The van der Waals surface area contributed by atoms with E-state index in [1.54, 1.807) is 13.0 Å². The van der Waals surface area contributed by atoms with Crippen LogP contribution in [-0.4, -0.2) is 11.6 Å². The van der Waals surface area contributed by atoms with E-state index in [0.29, 0.717) is 12.8 Å². The lowest BCUT2D eigenvalue weighted by molar-refractivity contribution is -0.117. The molecule has 2 nitrogen and oxygen atoms in total. The second kappa shape index (κ2) is 5.84. The summed E-state index contributed by atoms with van der Waals surface area (Å²) in [7, 11) is 0. The molecule has 15 heavy (non-hydrogen) atoms. The molecule has 0 atom stereocenters. The molecule has 0 fully saturated rings. The van der Waals surface area contributed by atoms with Crippen LogP contribution < -0.4 is 0 Å². The van der Waals surface area contributed by atoms with E-state index in [4.69, 9.17) is 0 Å². The highest BCUT2D eigenvalue weighted by molar-refractivity contribution is 5.91. The fraction of sp³-hybridized carbons (Fsp3) is 0.692. The highest BCUT2D eigenvalue weighted by Crippen LogP contribution is 2.32. The summed E-state index contributed by atoms with van der Waals surface area (Å²) in [5.41, 5.74) is 1.43. The average molecular weight is 210 g/mol. The van der Waals surface area contributed by atoms with Crippen molar-refractivity contribution < 1.29 is 9.59 Å². The van der Waals surface area contributed by atoms with Crippen molar-refractivity contribution in [2.45, 2.75) is 53.9 Å². The number of allylic oxidation sites excluding steroid dienone is 2. The Hall–Kier alpha value is -0.920. The molecule has 0 aromatic carbocycles. The van der Waals surface area contributed by atoms with E-state index in [1.165, 1.54) is 5.57 Å². The van der Waals surface area contributed by atoms with E-state index in [2.05, 4.69) is 13.8 Å². The van der Waals surface area contributed by atoms with Gasteiger partial charge in [-0.15, -0.1) is 0 Å². The third-order valence-electron chi connectivity index (χ3n) is 2.32. The van der Waals surface area contributed by atoms with Gasteiger partial charge in [-0.2, -0.15) is 0 Å². The topological polar surface area (TPSA) is 34.1 Å². The summed E-state index contributed by atoms with van der Waals surface area (Å²) < 4.78 is 0. The molecular weight excluding hydrogens is 188 g/mol. The van der Waals surface area contributed by atoms with Crippen molar-refractivity contribution in [3.63, 3.8) is 0 Å². The van der Waals surface area contributed by atoms with Gasteiger partial charge in [0.25, 0.3) is 0 Å². The maximum Gasteiger partial charge on any atom is 0.156 e. The Bertz CT molecular complexity index is 272. The fourth-order valence-corrected chi connectivity index (χ4v) is 1.67. The van der Waals surface area contributed by atoms with Crippen LogP contribution in [0.2, 0.25) is 0 Å². The maximum absolute atomic E-state index is 11.0. The van der Waals surface area contributed by atoms with E-state index in [9.17, 15) is 9.59 Å². The number of ketones is 2. The molecule has 1 aliphatic rings. The summed E-state index contributed by atoms with van der Waals surface area (Å²) in [6, 6.07) is 0. The summed E-state index contributed by atoms with van der Waals surface area (Å²) in [5, 5.41) is 0. The Morgan fingerprint density at radius 3 is 2.13 bits per heavy atom. The molecule has 0 radical (unpaired) electrons. The lowest BCUT2D eigenvalue weighted by Gasteiger charge is -2.27. The largest absolute Gasteiger partial charge is 0.300 e. The summed E-state index contributed by atoms with van der Waals surface area (Å²) in [4.78, 5) is 20.8. The number of rotatable bonds is 1. The average Bonchev–Trinajstić information content (AvgIpc) is 2.00. The first-order valence-electron chi connectivity index (χ1n) is 5.46. The predicted octanol–water partition coefficient (Wildman–Crippen LogP) is 3.31. The normalized spacial score (nSPS) is 18.7. The molecule has 2 heteroatoms. The number of carbonyl (C=O) groups is 2. The number of carbonyl (C=O) groups excluding carboxylic acids is 2. The van der Waals surface area contributed by atoms with E-state index in [-0.39, 0.29) is 17.0 Å².